The van der Waals surface area contributed by atoms with E-state index < -0.39 is 0 Å². The van der Waals surface area contributed by atoms with Crippen molar-refractivity contribution in [1.29, 1.82) is 5.26 Å². The molecule has 0 saturated carbocycles. The van der Waals surface area contributed by atoms with E-state index in [9.17, 15) is 0 Å². The number of aromatic nitrogens is 2. The zero-order chi connectivity index (χ0) is 18.1. The smallest absolute Gasteiger partial charge is 0.138 e. The number of aromatic amines is 1. The third-order valence-corrected chi connectivity index (χ3v) is 4.76. The summed E-state index contributed by atoms with van der Waals surface area (Å²) in [6.07, 6.45) is 3.93. The van der Waals surface area contributed by atoms with Crippen molar-refractivity contribution < 1.29 is 0 Å². The van der Waals surface area contributed by atoms with E-state index in [-0.39, 0.29) is 0 Å². The maximum absolute atomic E-state index is 8.87. The van der Waals surface area contributed by atoms with Gasteiger partial charge in [0.05, 0.1) is 24.0 Å². The maximum Gasteiger partial charge on any atom is 0.138 e. The van der Waals surface area contributed by atoms with E-state index in [0.29, 0.717) is 13.1 Å². The molecule has 2 aromatic carbocycles. The third-order valence-electron chi connectivity index (χ3n) is 4.76. The molecule has 128 valence electrons. The van der Waals surface area contributed by atoms with Crippen LogP contribution in [0, 0.1) is 25.2 Å². The van der Waals surface area contributed by atoms with E-state index in [1.54, 1.807) is 0 Å². The lowest BCUT2D eigenvalue weighted by Crippen LogP contribution is -2.20. The zero-order valence-electron chi connectivity index (χ0n) is 15.0. The number of rotatable bonds is 3. The number of H-pyrrole nitrogens is 1. The zero-order valence-corrected chi connectivity index (χ0v) is 15.0. The molecule has 1 aromatic heterocycles. The van der Waals surface area contributed by atoms with Gasteiger partial charge in [-0.3, -0.25) is 0 Å². The van der Waals surface area contributed by atoms with Gasteiger partial charge in [-0.25, -0.2) is 4.98 Å². The first-order chi connectivity index (χ1) is 12.6. The molecule has 0 unspecified atom stereocenters. The molecule has 4 nitrogen and oxygen atoms in total. The average Bonchev–Trinajstić information content (AvgIpc) is 3.05. The predicted octanol–water partition coefficient (Wildman–Crippen LogP) is 4.67. The van der Waals surface area contributed by atoms with Gasteiger partial charge in [-0.2, -0.15) is 5.26 Å². The van der Waals surface area contributed by atoms with E-state index in [1.807, 2.05) is 17.2 Å². The fourth-order valence-corrected chi connectivity index (χ4v) is 3.29. The molecule has 1 aliphatic rings. The van der Waals surface area contributed by atoms with Crippen LogP contribution in [-0.4, -0.2) is 21.4 Å². The number of fused-ring (bicyclic) bond motifs is 1. The number of hydrogen-bond acceptors (Lipinski definition) is 3. The van der Waals surface area contributed by atoms with Crippen LogP contribution in [0.15, 0.2) is 48.7 Å². The number of nitrogens with one attached hydrogen (secondary N) is 1. The summed E-state index contributed by atoms with van der Waals surface area (Å²) in [6.45, 7) is 5.26. The van der Waals surface area contributed by atoms with Crippen LogP contribution >= 0.6 is 0 Å². The van der Waals surface area contributed by atoms with E-state index in [1.165, 1.54) is 22.3 Å². The number of nitrogens with zero attached hydrogens (tertiary/aromatic N) is 3. The molecule has 0 radical (unpaired) electrons. The average molecular weight is 340 g/mol. The van der Waals surface area contributed by atoms with Crippen molar-refractivity contribution in [2.45, 2.75) is 20.4 Å². The summed E-state index contributed by atoms with van der Waals surface area (Å²) in [4.78, 5) is 10.1. The quantitative estimate of drug-likeness (QED) is 0.705. The van der Waals surface area contributed by atoms with Gasteiger partial charge < -0.3 is 9.88 Å². The minimum absolute atomic E-state index is 0.377. The van der Waals surface area contributed by atoms with E-state index in [4.69, 9.17) is 10.2 Å². The monoisotopic (exact) mass is 340 g/mol. The molecule has 0 bridgehead atoms. The molecule has 3 aromatic rings. The van der Waals surface area contributed by atoms with Gasteiger partial charge in [-0.05, 0) is 36.6 Å². The van der Waals surface area contributed by atoms with Gasteiger partial charge in [-0.1, -0.05) is 48.0 Å². The standard InChI is InChI=1S/C22H20N4/c1-15-3-5-17(6-4-15)18-7-8-19(16(2)13-18)22-24-20-9-11-26(12-10-23)14-21(20)25-22/h3-9,11,13H,12,14H2,1-2H3,(H,24,25). The fourth-order valence-electron chi connectivity index (χ4n) is 3.29. The van der Waals surface area contributed by atoms with Crippen LogP contribution in [0.3, 0.4) is 0 Å². The van der Waals surface area contributed by atoms with Gasteiger partial charge in [0, 0.05) is 11.8 Å². The molecule has 0 atom stereocenters. The molecule has 2 heterocycles. The normalized spacial score (nSPS) is 12.7. The highest BCUT2D eigenvalue weighted by Crippen LogP contribution is 2.29. The van der Waals surface area contributed by atoms with Crippen molar-refractivity contribution in [1.82, 2.24) is 14.9 Å². The molecule has 0 saturated heterocycles. The Hall–Kier alpha value is -3.32. The topological polar surface area (TPSA) is 55.7 Å². The summed E-state index contributed by atoms with van der Waals surface area (Å²) < 4.78 is 0. The Balaban J connectivity index is 1.65. The van der Waals surface area contributed by atoms with Gasteiger partial charge >= 0.3 is 0 Å². The van der Waals surface area contributed by atoms with Gasteiger partial charge in [0.2, 0.25) is 0 Å². The molecule has 0 spiro atoms. The molecule has 0 amide bonds. The Morgan fingerprint density at radius 2 is 1.88 bits per heavy atom. The maximum atomic E-state index is 8.87. The Morgan fingerprint density at radius 3 is 2.62 bits per heavy atom. The lowest BCUT2D eigenvalue weighted by molar-refractivity contribution is 0.405. The van der Waals surface area contributed by atoms with E-state index in [2.05, 4.69) is 67.4 Å². The molecule has 1 N–H and O–H groups in total. The van der Waals surface area contributed by atoms with E-state index >= 15 is 0 Å². The Labute approximate surface area is 153 Å². The second-order valence-electron chi connectivity index (χ2n) is 6.72. The number of hydrogen-bond donors (Lipinski definition) is 1. The summed E-state index contributed by atoms with van der Waals surface area (Å²) in [5, 5.41) is 8.87. The number of nitriles is 1. The summed E-state index contributed by atoms with van der Waals surface area (Å²) in [5.41, 5.74) is 8.00. The lowest BCUT2D eigenvalue weighted by Gasteiger charge is -2.18. The first kappa shape index (κ1) is 16.2. The summed E-state index contributed by atoms with van der Waals surface area (Å²) in [7, 11) is 0. The van der Waals surface area contributed by atoms with Gasteiger partial charge in [0.1, 0.15) is 12.4 Å². The van der Waals surface area contributed by atoms with Crippen molar-refractivity contribution in [3.8, 4) is 28.6 Å². The van der Waals surface area contributed by atoms with Crippen molar-refractivity contribution in [3.63, 3.8) is 0 Å². The molecule has 4 heteroatoms. The SMILES string of the molecule is Cc1ccc(-c2ccc(-c3nc4c([nH]3)C=CN(CC#N)C4)c(C)c2)cc1. The minimum Gasteiger partial charge on any atom is -0.358 e. The highest BCUT2D eigenvalue weighted by molar-refractivity contribution is 5.71. The fraction of sp³-hybridized carbons (Fsp3) is 0.182. The first-order valence-corrected chi connectivity index (χ1v) is 8.70. The molecule has 26 heavy (non-hydrogen) atoms. The lowest BCUT2D eigenvalue weighted by atomic mass is 9.99. The van der Waals surface area contributed by atoms with Crippen LogP contribution in [0.25, 0.3) is 28.6 Å². The summed E-state index contributed by atoms with van der Waals surface area (Å²) in [5.74, 6) is 0.881. The highest BCUT2D eigenvalue weighted by Gasteiger charge is 2.17. The third kappa shape index (κ3) is 3.00. The molecule has 0 aliphatic carbocycles. The van der Waals surface area contributed by atoms with Gasteiger partial charge in [0.25, 0.3) is 0 Å². The Kier molecular flexibility index (Phi) is 4.06. The number of benzene rings is 2. The van der Waals surface area contributed by atoms with Crippen LogP contribution in [0.4, 0.5) is 0 Å². The van der Waals surface area contributed by atoms with Gasteiger partial charge in [-0.15, -0.1) is 0 Å². The molecular weight excluding hydrogens is 320 g/mol. The molecule has 0 fully saturated rings. The van der Waals surface area contributed by atoms with Crippen molar-refractivity contribution in [2.75, 3.05) is 6.54 Å². The van der Waals surface area contributed by atoms with Crippen molar-refractivity contribution in [3.05, 3.63) is 71.2 Å². The van der Waals surface area contributed by atoms with Crippen molar-refractivity contribution in [2.24, 2.45) is 0 Å². The predicted molar refractivity (Wildman–Crippen MR) is 104 cm³/mol. The highest BCUT2D eigenvalue weighted by atomic mass is 15.1. The van der Waals surface area contributed by atoms with Crippen LogP contribution in [-0.2, 0) is 6.54 Å². The largest absolute Gasteiger partial charge is 0.358 e. The Bertz CT molecular complexity index is 1020. The Morgan fingerprint density at radius 1 is 1.12 bits per heavy atom. The summed E-state index contributed by atoms with van der Waals surface area (Å²) >= 11 is 0. The van der Waals surface area contributed by atoms with Crippen molar-refractivity contribution >= 4 is 6.08 Å². The minimum atomic E-state index is 0.377. The first-order valence-electron chi connectivity index (χ1n) is 8.70. The second-order valence-corrected chi connectivity index (χ2v) is 6.72. The van der Waals surface area contributed by atoms with Crippen LogP contribution in [0.5, 0.6) is 0 Å². The van der Waals surface area contributed by atoms with Crippen LogP contribution in [0.2, 0.25) is 0 Å². The molecule has 1 aliphatic heterocycles. The molecule has 4 rings (SSSR count). The van der Waals surface area contributed by atoms with Crippen LogP contribution < -0.4 is 0 Å². The molecular formula is C22H20N4. The number of aryl methyl sites for hydroxylation is 2. The van der Waals surface area contributed by atoms with E-state index in [0.717, 1.165) is 22.8 Å². The summed E-state index contributed by atoms with van der Waals surface area (Å²) in [6, 6.07) is 17.2. The van der Waals surface area contributed by atoms with Crippen LogP contribution in [0.1, 0.15) is 22.5 Å². The number of imidazole rings is 1. The van der Waals surface area contributed by atoms with Gasteiger partial charge in [0.15, 0.2) is 0 Å². The second kappa shape index (κ2) is 6.53.